The molecule has 3 aliphatic heterocycles. The number of pyridine rings is 1. The summed E-state index contributed by atoms with van der Waals surface area (Å²) < 4.78 is 63.1. The standard InChI is InChI=1S/C38H48FN5O10S.3H2/c1-22-8-4-5-9-24-16-38(24,35(47)43-55(49,50)37(21-39)12-13-37)42-32(45)29-15-25(53-33-28-11-7-6-10-27(28)30(51-3)17-40-33)18-44(29)34(46)31(23(2)14-22)41-36(48)54-26-19-52-20-26;;;/h5-7,9-11,17,22-26,29,31H,4,8,12-16,18-21H2,1-3H3,(H,41,48)(H,42,45)(H,43,47);3*1H/b9-5-;;;/t22-,23-,24-,25-,29+,31+,38-;;;/m1.../s1. The molecule has 2 aromatic rings. The number of hydrogen-bond acceptors (Lipinski definition) is 11. The summed E-state index contributed by atoms with van der Waals surface area (Å²) in [5.41, 5.74) is -1.65. The third kappa shape index (κ3) is 7.69. The van der Waals surface area contributed by atoms with Crippen molar-refractivity contribution in [2.45, 2.75) is 93.4 Å². The number of methoxy groups -OCH3 is 1. The number of benzene rings is 1. The molecule has 1 aromatic carbocycles. The summed E-state index contributed by atoms with van der Waals surface area (Å²) in [4.78, 5) is 62.0. The average Bonchev–Trinajstić information content (AvgIpc) is 4.05. The van der Waals surface area contributed by atoms with Crippen LogP contribution in [0, 0.1) is 17.8 Å². The maximum Gasteiger partial charge on any atom is 0.408 e. The highest BCUT2D eigenvalue weighted by molar-refractivity contribution is 7.91. The lowest BCUT2D eigenvalue weighted by molar-refractivity contribution is -0.142. The lowest BCUT2D eigenvalue weighted by atomic mass is 9.88. The van der Waals surface area contributed by atoms with E-state index in [1.54, 1.807) is 6.08 Å². The number of amides is 4. The maximum absolute atomic E-state index is 14.7. The first kappa shape index (κ1) is 38.8. The second-order valence-corrected chi connectivity index (χ2v) is 17.8. The Morgan fingerprint density at radius 1 is 1.13 bits per heavy atom. The Kier molecular flexibility index (Phi) is 10.7. The summed E-state index contributed by atoms with van der Waals surface area (Å²) in [6.45, 7) is 3.21. The molecule has 7 rings (SSSR count). The molecule has 0 spiro atoms. The van der Waals surface area contributed by atoms with Crippen LogP contribution in [0.1, 0.15) is 63.1 Å². The summed E-state index contributed by atoms with van der Waals surface area (Å²) in [6.07, 6.45) is 5.43. The van der Waals surface area contributed by atoms with Crippen LogP contribution in [-0.4, -0.2) is 110 Å². The molecule has 0 radical (unpaired) electrons. The molecule has 0 unspecified atom stereocenters. The van der Waals surface area contributed by atoms with Gasteiger partial charge in [0.2, 0.25) is 27.7 Å². The van der Waals surface area contributed by atoms with Gasteiger partial charge in [0.05, 0.1) is 33.1 Å². The minimum atomic E-state index is -4.38. The van der Waals surface area contributed by atoms with E-state index in [2.05, 4.69) is 20.3 Å². The number of ether oxygens (including phenoxy) is 4. The van der Waals surface area contributed by atoms with Crippen LogP contribution in [0.2, 0.25) is 0 Å². The Morgan fingerprint density at radius 3 is 2.55 bits per heavy atom. The zero-order valence-corrected chi connectivity index (χ0v) is 31.9. The number of nitrogens with zero attached hydrogens (tertiary/aromatic N) is 2. The van der Waals surface area contributed by atoms with E-state index >= 15 is 0 Å². The average molecular weight is 792 g/mol. The van der Waals surface area contributed by atoms with Crippen molar-refractivity contribution in [3.63, 3.8) is 0 Å². The van der Waals surface area contributed by atoms with Crippen LogP contribution in [0.4, 0.5) is 9.18 Å². The van der Waals surface area contributed by atoms with Crippen LogP contribution >= 0.6 is 0 Å². The van der Waals surface area contributed by atoms with E-state index in [4.69, 9.17) is 18.9 Å². The monoisotopic (exact) mass is 791 g/mol. The fraction of sp³-hybridized carbons (Fsp3) is 0.605. The Morgan fingerprint density at radius 2 is 1.87 bits per heavy atom. The Bertz CT molecular complexity index is 1990. The van der Waals surface area contributed by atoms with Crippen LogP contribution in [-0.2, 0) is 33.9 Å². The first-order valence-electron chi connectivity index (χ1n) is 18.8. The lowest BCUT2D eigenvalue weighted by Gasteiger charge is -2.33. The van der Waals surface area contributed by atoms with Crippen molar-refractivity contribution in [2.75, 3.05) is 33.5 Å². The molecule has 2 aliphatic carbocycles. The van der Waals surface area contributed by atoms with Crippen molar-refractivity contribution in [3.05, 3.63) is 42.6 Å². The van der Waals surface area contributed by atoms with Crippen LogP contribution in [0.5, 0.6) is 11.6 Å². The quantitative estimate of drug-likeness (QED) is 0.314. The molecule has 15 nitrogen and oxygen atoms in total. The van der Waals surface area contributed by atoms with Crippen molar-refractivity contribution in [1.29, 1.82) is 0 Å². The molecular formula is C38H54FN5O10S. The number of aromatic nitrogens is 1. The normalized spacial score (nSPS) is 31.3. The third-order valence-electron chi connectivity index (χ3n) is 11.6. The van der Waals surface area contributed by atoms with Crippen molar-refractivity contribution in [3.8, 4) is 11.6 Å². The lowest BCUT2D eigenvalue weighted by Crippen LogP contribution is -2.59. The van der Waals surface area contributed by atoms with Crippen LogP contribution in [0.25, 0.3) is 10.8 Å². The molecule has 0 bridgehead atoms. The SMILES string of the molecule is COc1cnc(O[C@@H]2C[C@H]3C(=O)N[C@]4(C(=O)NS(=O)(=O)C5(CF)CC5)C[C@H]4/C=C\CC[C@@H](C)C[C@@H](C)[C@H](NC(=O)OC4COC4)C(=O)N3C2)c2ccccc12.[HH].[HH].[HH]. The molecule has 4 heterocycles. The van der Waals surface area contributed by atoms with Crippen LogP contribution in [0.15, 0.2) is 42.6 Å². The first-order chi connectivity index (χ1) is 26.3. The number of carbonyl (C=O) groups is 4. The summed E-state index contributed by atoms with van der Waals surface area (Å²) >= 11 is 0. The smallest absolute Gasteiger partial charge is 0.408 e. The summed E-state index contributed by atoms with van der Waals surface area (Å²) in [7, 11) is -2.85. The van der Waals surface area contributed by atoms with E-state index < -0.39 is 81.0 Å². The first-order valence-corrected chi connectivity index (χ1v) is 20.3. The third-order valence-corrected chi connectivity index (χ3v) is 13.8. The predicted molar refractivity (Wildman–Crippen MR) is 202 cm³/mol. The topological polar surface area (TPSA) is 192 Å². The molecule has 4 fully saturated rings. The van der Waals surface area contributed by atoms with Gasteiger partial charge in [-0.3, -0.25) is 19.1 Å². The van der Waals surface area contributed by atoms with Gasteiger partial charge in [0.15, 0.2) is 6.10 Å². The highest BCUT2D eigenvalue weighted by Gasteiger charge is 2.64. The number of sulfonamides is 1. The molecule has 17 heteroatoms. The second kappa shape index (κ2) is 15.2. The Balaban J connectivity index is 0.00000248. The summed E-state index contributed by atoms with van der Waals surface area (Å²) in [5.74, 6) is -2.21. The number of rotatable bonds is 9. The molecule has 55 heavy (non-hydrogen) atoms. The summed E-state index contributed by atoms with van der Waals surface area (Å²) in [5, 5.41) is 6.99. The number of halogens is 1. The number of hydrogen-bond donors (Lipinski definition) is 3. The fourth-order valence-corrected chi connectivity index (χ4v) is 9.33. The number of nitrogens with one attached hydrogen (secondary N) is 3. The largest absolute Gasteiger partial charge is 0.494 e. The summed E-state index contributed by atoms with van der Waals surface area (Å²) in [6, 6.07) is 5.07. The number of fused-ring (bicyclic) bond motifs is 3. The number of alkyl carbamates (subject to hydrolysis) is 1. The van der Waals surface area contributed by atoms with Gasteiger partial charge in [-0.25, -0.2) is 22.6 Å². The molecular weight excluding hydrogens is 738 g/mol. The predicted octanol–water partition coefficient (Wildman–Crippen LogP) is 3.66. The zero-order valence-electron chi connectivity index (χ0n) is 31.1. The zero-order chi connectivity index (χ0) is 39.1. The molecule has 7 atom stereocenters. The second-order valence-electron chi connectivity index (χ2n) is 15.7. The van der Waals surface area contributed by atoms with E-state index in [0.717, 1.165) is 11.8 Å². The van der Waals surface area contributed by atoms with E-state index in [9.17, 15) is 32.0 Å². The van der Waals surface area contributed by atoms with Gasteiger partial charge >= 0.3 is 6.09 Å². The fourth-order valence-electron chi connectivity index (χ4n) is 7.90. The van der Waals surface area contributed by atoms with E-state index in [1.165, 1.54) is 18.2 Å². The molecule has 4 amide bonds. The molecule has 3 N–H and O–H groups in total. The number of alkyl halides is 1. The maximum atomic E-state index is 14.7. The van der Waals surface area contributed by atoms with Gasteiger partial charge in [-0.05, 0) is 56.4 Å². The van der Waals surface area contributed by atoms with Crippen molar-refractivity contribution < 1.29 is 55.2 Å². The molecule has 2 saturated carbocycles. The van der Waals surface area contributed by atoms with Gasteiger partial charge in [-0.1, -0.05) is 44.2 Å². The minimum absolute atomic E-state index is 0. The Hall–Kier alpha value is -4.51. The van der Waals surface area contributed by atoms with Gasteiger partial charge in [-0.15, -0.1) is 0 Å². The Labute approximate surface area is 323 Å². The molecule has 2 saturated heterocycles. The van der Waals surface area contributed by atoms with Gasteiger partial charge in [0.1, 0.15) is 40.9 Å². The number of allylic oxidation sites excluding steroid dienone is 1. The van der Waals surface area contributed by atoms with Gasteiger partial charge in [-0.2, -0.15) is 0 Å². The highest BCUT2D eigenvalue weighted by Crippen LogP contribution is 2.48. The van der Waals surface area contributed by atoms with Gasteiger partial charge in [0, 0.05) is 27.4 Å². The molecule has 5 aliphatic rings. The molecule has 1 aromatic heterocycles. The van der Waals surface area contributed by atoms with Crippen LogP contribution < -0.4 is 24.8 Å². The van der Waals surface area contributed by atoms with Crippen molar-refractivity contribution in [2.24, 2.45) is 17.8 Å². The highest BCUT2D eigenvalue weighted by atomic mass is 32.2. The van der Waals surface area contributed by atoms with Gasteiger partial charge < -0.3 is 34.5 Å². The molecule has 304 valence electrons. The van der Waals surface area contributed by atoms with E-state index in [-0.39, 0.29) is 67.4 Å². The van der Waals surface area contributed by atoms with E-state index in [1.807, 2.05) is 44.2 Å². The van der Waals surface area contributed by atoms with Crippen molar-refractivity contribution >= 4 is 44.6 Å². The van der Waals surface area contributed by atoms with Crippen molar-refractivity contribution in [1.82, 2.24) is 25.2 Å². The van der Waals surface area contributed by atoms with E-state index in [0.29, 0.717) is 24.0 Å². The minimum Gasteiger partial charge on any atom is -0.494 e. The van der Waals surface area contributed by atoms with Crippen LogP contribution in [0.3, 0.4) is 0 Å². The van der Waals surface area contributed by atoms with Gasteiger partial charge in [0.25, 0.3) is 5.91 Å². The number of carbonyl (C=O) groups excluding carboxylic acids is 4.